The van der Waals surface area contributed by atoms with E-state index in [1.807, 2.05) is 0 Å². The number of hydrogen-bond acceptors (Lipinski definition) is 5. The Hall–Kier alpha value is -2.11. The Balaban J connectivity index is 3.04. The number of hydrogen-bond donors (Lipinski definition) is 3. The molecular weight excluding hydrogens is 468 g/mol. The average Bonchev–Trinajstić information content (AvgIpc) is 2.88. The van der Waals surface area contributed by atoms with Crippen LogP contribution in [0.15, 0.2) is 0 Å². The highest BCUT2D eigenvalue weighted by atomic mass is 16.5. The van der Waals surface area contributed by atoms with Crippen molar-refractivity contribution < 1.29 is 29.6 Å². The molecule has 1 rings (SSSR count). The van der Waals surface area contributed by atoms with Crippen LogP contribution in [0.4, 0.5) is 0 Å². The van der Waals surface area contributed by atoms with Gasteiger partial charge in [0.1, 0.15) is 5.56 Å². The highest BCUT2D eigenvalue weighted by molar-refractivity contribution is 5.96. The van der Waals surface area contributed by atoms with Crippen molar-refractivity contribution in [1.29, 1.82) is 0 Å². The SMILES string of the molecule is CCCCCCCCOc1c(O)c(O)c(C(=O)O)c(CCCCCCCC)c1OCCCCCCCC. The van der Waals surface area contributed by atoms with Gasteiger partial charge in [-0.3, -0.25) is 0 Å². The summed E-state index contributed by atoms with van der Waals surface area (Å²) >= 11 is 0. The van der Waals surface area contributed by atoms with Crippen LogP contribution < -0.4 is 9.47 Å². The number of carbonyl (C=O) groups is 1. The van der Waals surface area contributed by atoms with Crippen molar-refractivity contribution in [2.45, 2.75) is 143 Å². The molecule has 0 atom stereocenters. The third-order valence-corrected chi connectivity index (χ3v) is 6.94. The van der Waals surface area contributed by atoms with E-state index in [4.69, 9.17) is 9.47 Å². The summed E-state index contributed by atoms with van der Waals surface area (Å²) in [6, 6.07) is 0. The quantitative estimate of drug-likeness (QED) is 0.0925. The molecule has 1 aromatic carbocycles. The first-order chi connectivity index (χ1) is 18.0. The van der Waals surface area contributed by atoms with Gasteiger partial charge in [0.2, 0.25) is 11.5 Å². The third kappa shape index (κ3) is 12.8. The minimum Gasteiger partial charge on any atom is -0.504 e. The largest absolute Gasteiger partial charge is 0.504 e. The second kappa shape index (κ2) is 20.9. The maximum Gasteiger partial charge on any atom is 0.340 e. The second-order valence-corrected chi connectivity index (χ2v) is 10.3. The van der Waals surface area contributed by atoms with Crippen LogP contribution in [0.25, 0.3) is 0 Å². The molecule has 37 heavy (non-hydrogen) atoms. The van der Waals surface area contributed by atoms with E-state index >= 15 is 0 Å². The smallest absolute Gasteiger partial charge is 0.340 e. The van der Waals surface area contributed by atoms with E-state index in [2.05, 4.69) is 20.8 Å². The van der Waals surface area contributed by atoms with Gasteiger partial charge < -0.3 is 24.8 Å². The molecule has 0 fully saturated rings. The van der Waals surface area contributed by atoms with Crippen LogP contribution >= 0.6 is 0 Å². The lowest BCUT2D eigenvalue weighted by atomic mass is 9.97. The topological polar surface area (TPSA) is 96.2 Å². The molecule has 0 bridgehead atoms. The minimum absolute atomic E-state index is 0.0861. The fraction of sp³-hybridized carbons (Fsp3) is 0.774. The lowest BCUT2D eigenvalue weighted by molar-refractivity contribution is 0.0690. The number of carboxylic acid groups (broad SMARTS) is 1. The number of rotatable bonds is 24. The van der Waals surface area contributed by atoms with Gasteiger partial charge in [0.15, 0.2) is 11.5 Å². The third-order valence-electron chi connectivity index (χ3n) is 6.94. The van der Waals surface area contributed by atoms with Gasteiger partial charge in [0.05, 0.1) is 13.2 Å². The van der Waals surface area contributed by atoms with Crippen LogP contribution in [0.5, 0.6) is 23.0 Å². The van der Waals surface area contributed by atoms with Crippen LogP contribution in [0.3, 0.4) is 0 Å². The highest BCUT2D eigenvalue weighted by Crippen LogP contribution is 2.49. The van der Waals surface area contributed by atoms with Gasteiger partial charge in [0, 0.05) is 5.56 Å². The molecular formula is C31H54O6. The maximum absolute atomic E-state index is 12.1. The number of ether oxygens (including phenoxy) is 2. The first kappa shape index (κ1) is 32.9. The Morgan fingerprint density at radius 2 is 0.973 bits per heavy atom. The van der Waals surface area contributed by atoms with E-state index in [0.29, 0.717) is 30.9 Å². The number of aromatic carboxylic acids is 1. The van der Waals surface area contributed by atoms with Crippen LogP contribution in [-0.4, -0.2) is 34.5 Å². The van der Waals surface area contributed by atoms with Crippen LogP contribution in [-0.2, 0) is 6.42 Å². The van der Waals surface area contributed by atoms with Crippen molar-refractivity contribution in [1.82, 2.24) is 0 Å². The van der Waals surface area contributed by atoms with Crippen molar-refractivity contribution in [2.24, 2.45) is 0 Å². The summed E-state index contributed by atoms with van der Waals surface area (Å²) in [5.41, 5.74) is 0.165. The lowest BCUT2D eigenvalue weighted by Gasteiger charge is -2.21. The summed E-state index contributed by atoms with van der Waals surface area (Å²) < 4.78 is 12.1. The Morgan fingerprint density at radius 1 is 0.568 bits per heavy atom. The zero-order valence-electron chi connectivity index (χ0n) is 23.9. The molecule has 0 amide bonds. The number of unbranched alkanes of at least 4 members (excludes halogenated alkanes) is 15. The predicted molar refractivity (Wildman–Crippen MR) is 152 cm³/mol. The lowest BCUT2D eigenvalue weighted by Crippen LogP contribution is -2.11. The average molecular weight is 523 g/mol. The fourth-order valence-corrected chi connectivity index (χ4v) is 4.68. The van der Waals surface area contributed by atoms with E-state index < -0.39 is 17.5 Å². The van der Waals surface area contributed by atoms with Crippen molar-refractivity contribution in [3.05, 3.63) is 11.1 Å². The summed E-state index contributed by atoms with van der Waals surface area (Å²) in [5.74, 6) is -2.05. The molecule has 214 valence electrons. The zero-order valence-corrected chi connectivity index (χ0v) is 23.9. The summed E-state index contributed by atoms with van der Waals surface area (Å²) in [5, 5.41) is 31.3. The first-order valence-electron chi connectivity index (χ1n) is 15.1. The fourth-order valence-electron chi connectivity index (χ4n) is 4.68. The van der Waals surface area contributed by atoms with Crippen LogP contribution in [0.2, 0.25) is 0 Å². The van der Waals surface area contributed by atoms with E-state index in [0.717, 1.165) is 64.2 Å². The molecule has 0 saturated carbocycles. The summed E-state index contributed by atoms with van der Waals surface area (Å²) in [7, 11) is 0. The summed E-state index contributed by atoms with van der Waals surface area (Å²) in [4.78, 5) is 12.1. The molecule has 0 radical (unpaired) electrons. The van der Waals surface area contributed by atoms with Gasteiger partial charge in [-0.25, -0.2) is 4.79 Å². The van der Waals surface area contributed by atoms with E-state index in [1.165, 1.54) is 51.4 Å². The van der Waals surface area contributed by atoms with Gasteiger partial charge in [-0.05, 0) is 25.7 Å². The zero-order chi connectivity index (χ0) is 27.3. The number of carboxylic acids is 1. The van der Waals surface area contributed by atoms with Gasteiger partial charge in [-0.2, -0.15) is 0 Å². The Kier molecular flexibility index (Phi) is 18.6. The molecule has 0 aliphatic rings. The second-order valence-electron chi connectivity index (χ2n) is 10.3. The Morgan fingerprint density at radius 3 is 1.43 bits per heavy atom. The molecule has 0 saturated heterocycles. The first-order valence-corrected chi connectivity index (χ1v) is 15.1. The molecule has 3 N–H and O–H groups in total. The van der Waals surface area contributed by atoms with Crippen molar-refractivity contribution in [3.63, 3.8) is 0 Å². The molecule has 0 heterocycles. The monoisotopic (exact) mass is 522 g/mol. The highest BCUT2D eigenvalue weighted by Gasteiger charge is 2.29. The van der Waals surface area contributed by atoms with Gasteiger partial charge >= 0.3 is 5.97 Å². The standard InChI is InChI=1S/C31H54O6/c1-4-7-10-13-16-19-22-25-26(31(34)35)27(32)28(33)30(37-24-21-18-15-12-9-6-3)29(25)36-23-20-17-14-11-8-5-2/h32-33H,4-24H2,1-3H3,(H,34,35). The van der Waals surface area contributed by atoms with Crippen molar-refractivity contribution in [2.75, 3.05) is 13.2 Å². The predicted octanol–water partition coefficient (Wildman–Crippen LogP) is 9.18. The molecule has 1 aromatic rings. The van der Waals surface area contributed by atoms with E-state index in [-0.39, 0.29) is 11.3 Å². The molecule has 0 aromatic heterocycles. The number of aromatic hydroxyl groups is 2. The van der Waals surface area contributed by atoms with Crippen molar-refractivity contribution >= 4 is 5.97 Å². The molecule has 0 aliphatic heterocycles. The Bertz CT molecular complexity index is 746. The van der Waals surface area contributed by atoms with E-state index in [1.54, 1.807) is 0 Å². The normalized spacial score (nSPS) is 11.1. The number of phenolic OH excluding ortho intramolecular Hbond substituents is 1. The molecule has 6 nitrogen and oxygen atoms in total. The van der Waals surface area contributed by atoms with Crippen molar-refractivity contribution in [3.8, 4) is 23.0 Å². The van der Waals surface area contributed by atoms with Gasteiger partial charge in [0.25, 0.3) is 0 Å². The minimum atomic E-state index is -1.26. The van der Waals surface area contributed by atoms with E-state index in [9.17, 15) is 20.1 Å². The summed E-state index contributed by atoms with van der Waals surface area (Å²) in [6.07, 6.45) is 20.1. The molecule has 0 unspecified atom stereocenters. The van der Waals surface area contributed by atoms with Gasteiger partial charge in [-0.1, -0.05) is 117 Å². The summed E-state index contributed by atoms with van der Waals surface area (Å²) in [6.45, 7) is 7.37. The molecule has 0 aliphatic carbocycles. The molecule has 6 heteroatoms. The van der Waals surface area contributed by atoms with Crippen LogP contribution in [0.1, 0.15) is 152 Å². The Labute approximate surface area is 225 Å². The molecule has 0 spiro atoms. The maximum atomic E-state index is 12.1. The van der Waals surface area contributed by atoms with Gasteiger partial charge in [-0.15, -0.1) is 0 Å². The number of benzene rings is 1. The number of phenols is 2. The van der Waals surface area contributed by atoms with Crippen LogP contribution in [0, 0.1) is 0 Å².